The van der Waals surface area contributed by atoms with E-state index in [1.807, 2.05) is 48.5 Å². The average molecular weight is 556 g/mol. The second kappa shape index (κ2) is 12.3. The summed E-state index contributed by atoms with van der Waals surface area (Å²) in [5, 5.41) is 19.1. The number of carbonyl (C=O) groups excluding carboxylic acids is 2. The Hall–Kier alpha value is -3.88. The van der Waals surface area contributed by atoms with Crippen LogP contribution in [0.2, 0.25) is 0 Å². The van der Waals surface area contributed by atoms with Crippen LogP contribution in [0, 0.1) is 0 Å². The number of amides is 3. The maximum atomic E-state index is 12.9. The molecule has 6 rings (SSSR count). The number of carbonyl (C=O) groups is 2. The number of hydrogen-bond acceptors (Lipinski definition) is 5. The van der Waals surface area contributed by atoms with Crippen molar-refractivity contribution in [2.75, 3.05) is 11.9 Å². The van der Waals surface area contributed by atoms with E-state index in [1.54, 1.807) is 0 Å². The summed E-state index contributed by atoms with van der Waals surface area (Å²) in [7, 11) is 0. The van der Waals surface area contributed by atoms with Crippen molar-refractivity contribution < 1.29 is 24.2 Å². The molecule has 1 saturated carbocycles. The molecule has 4 atom stereocenters. The van der Waals surface area contributed by atoms with E-state index in [0.29, 0.717) is 18.7 Å². The molecule has 3 amide bonds. The Kier molecular flexibility index (Phi) is 8.21. The maximum Gasteiger partial charge on any atom is 0.319 e. The molecule has 2 heterocycles. The van der Waals surface area contributed by atoms with Crippen molar-refractivity contribution in [1.82, 2.24) is 10.6 Å². The van der Waals surface area contributed by atoms with Crippen LogP contribution in [0.4, 0.5) is 10.5 Å². The number of anilines is 1. The van der Waals surface area contributed by atoms with Gasteiger partial charge in [0, 0.05) is 29.8 Å². The van der Waals surface area contributed by atoms with E-state index in [4.69, 9.17) is 9.47 Å². The third-order valence-corrected chi connectivity index (χ3v) is 8.41. The Morgan fingerprint density at radius 2 is 1.68 bits per heavy atom. The molecule has 4 N–H and O–H groups in total. The molecule has 1 aliphatic carbocycles. The van der Waals surface area contributed by atoms with Crippen molar-refractivity contribution in [3.05, 3.63) is 83.9 Å². The Bertz CT molecular complexity index is 1360. The van der Waals surface area contributed by atoms with Gasteiger partial charge in [0.1, 0.15) is 18.0 Å². The Balaban J connectivity index is 1.05. The number of nitrogens with one attached hydrogen (secondary N) is 3. The zero-order valence-electron chi connectivity index (χ0n) is 23.1. The highest BCUT2D eigenvalue weighted by Gasteiger charge is 2.46. The molecule has 2 aliphatic heterocycles. The van der Waals surface area contributed by atoms with Gasteiger partial charge in [-0.2, -0.15) is 0 Å². The quantitative estimate of drug-likeness (QED) is 0.309. The number of aliphatic hydroxyl groups is 1. The Morgan fingerprint density at radius 3 is 2.44 bits per heavy atom. The fourth-order valence-electron chi connectivity index (χ4n) is 6.31. The molecule has 0 spiro atoms. The minimum atomic E-state index is -0.536. The van der Waals surface area contributed by atoms with Crippen LogP contribution in [-0.4, -0.2) is 48.0 Å². The molecule has 214 valence electrons. The van der Waals surface area contributed by atoms with Gasteiger partial charge in [-0.3, -0.25) is 4.79 Å². The number of benzene rings is 3. The molecule has 8 heteroatoms. The molecule has 8 nitrogen and oxygen atoms in total. The normalized spacial score (nSPS) is 23.2. The molecule has 0 radical (unpaired) electrons. The maximum absolute atomic E-state index is 12.9. The van der Waals surface area contributed by atoms with Crippen LogP contribution in [-0.2, 0) is 16.1 Å². The number of urea groups is 1. The van der Waals surface area contributed by atoms with Crippen LogP contribution in [0.25, 0.3) is 11.1 Å². The lowest BCUT2D eigenvalue weighted by atomic mass is 9.84. The van der Waals surface area contributed by atoms with Gasteiger partial charge in [0.25, 0.3) is 0 Å². The fourth-order valence-corrected chi connectivity index (χ4v) is 6.31. The number of rotatable bonds is 8. The zero-order chi connectivity index (χ0) is 28.2. The SMILES string of the molecule is O=C(C[C@H]1C[C@H]2c3cc(NC(=O)NC4CCCC4)ccc3O[C@H]2[C@H](CO)O1)NCc1ccc(-c2ccccc2)cc1. The predicted molar refractivity (Wildman–Crippen MR) is 157 cm³/mol. The lowest BCUT2D eigenvalue weighted by molar-refractivity contribution is -0.142. The third kappa shape index (κ3) is 6.39. The van der Waals surface area contributed by atoms with Gasteiger partial charge in [-0.15, -0.1) is 0 Å². The van der Waals surface area contributed by atoms with Crippen LogP contribution in [0.15, 0.2) is 72.8 Å². The lowest BCUT2D eigenvalue weighted by Gasteiger charge is -2.37. The monoisotopic (exact) mass is 555 g/mol. The van der Waals surface area contributed by atoms with Crippen molar-refractivity contribution >= 4 is 17.6 Å². The summed E-state index contributed by atoms with van der Waals surface area (Å²) in [6, 6.07) is 24.0. The second-order valence-electron chi connectivity index (χ2n) is 11.3. The number of ether oxygens (including phenoxy) is 2. The van der Waals surface area contributed by atoms with E-state index in [1.165, 1.54) is 0 Å². The zero-order valence-corrected chi connectivity index (χ0v) is 23.1. The topological polar surface area (TPSA) is 109 Å². The van der Waals surface area contributed by atoms with Crippen LogP contribution in [0.5, 0.6) is 5.75 Å². The van der Waals surface area contributed by atoms with Gasteiger partial charge < -0.3 is 30.5 Å². The van der Waals surface area contributed by atoms with Crippen molar-refractivity contribution in [3.8, 4) is 16.9 Å². The minimum absolute atomic E-state index is 0.0427. The highest BCUT2D eigenvalue weighted by molar-refractivity contribution is 5.89. The first-order chi connectivity index (χ1) is 20.1. The van der Waals surface area contributed by atoms with E-state index in [2.05, 4.69) is 40.2 Å². The molecule has 0 unspecified atom stereocenters. The van der Waals surface area contributed by atoms with Crippen LogP contribution in [0.1, 0.15) is 55.6 Å². The molecule has 2 fully saturated rings. The second-order valence-corrected chi connectivity index (χ2v) is 11.3. The van der Waals surface area contributed by atoms with Crippen molar-refractivity contribution in [2.45, 2.75) is 75.3 Å². The van der Waals surface area contributed by atoms with Gasteiger partial charge in [-0.05, 0) is 54.2 Å². The average Bonchev–Trinajstić information content (AvgIpc) is 3.64. The minimum Gasteiger partial charge on any atom is -0.487 e. The van der Waals surface area contributed by atoms with Crippen molar-refractivity contribution in [2.24, 2.45) is 0 Å². The number of aliphatic hydroxyl groups excluding tert-OH is 1. The highest BCUT2D eigenvalue weighted by atomic mass is 16.6. The van der Waals surface area contributed by atoms with Gasteiger partial charge in [0.05, 0.1) is 19.1 Å². The standard InChI is InChI=1S/C33H37N3O5/c37-20-30-32-28(27-16-25(14-15-29(27)41-32)36-33(39)35-24-8-4-5-9-24)17-26(40-30)18-31(38)34-19-21-10-12-23(13-11-21)22-6-2-1-3-7-22/h1-3,6-7,10-16,24,26,28,30,32,37H,4-5,8-9,17-20H2,(H,34,38)(H2,35,36,39)/t26-,28+,30+,32-/m1/s1. The molecule has 0 bridgehead atoms. The highest BCUT2D eigenvalue weighted by Crippen LogP contribution is 2.47. The first kappa shape index (κ1) is 27.3. The third-order valence-electron chi connectivity index (χ3n) is 8.41. The summed E-state index contributed by atoms with van der Waals surface area (Å²) in [6.07, 6.45) is 3.90. The predicted octanol–water partition coefficient (Wildman–Crippen LogP) is 5.12. The van der Waals surface area contributed by atoms with Crippen LogP contribution < -0.4 is 20.7 Å². The van der Waals surface area contributed by atoms with Gasteiger partial charge in [0.15, 0.2) is 0 Å². The smallest absolute Gasteiger partial charge is 0.319 e. The van der Waals surface area contributed by atoms with E-state index < -0.39 is 6.10 Å². The summed E-state index contributed by atoms with van der Waals surface area (Å²) < 4.78 is 12.3. The number of fused-ring (bicyclic) bond motifs is 3. The van der Waals surface area contributed by atoms with Gasteiger partial charge in [0.2, 0.25) is 5.91 Å². The summed E-state index contributed by atoms with van der Waals surface area (Å²) in [4.78, 5) is 25.4. The first-order valence-electron chi connectivity index (χ1n) is 14.6. The molecular formula is C33H37N3O5. The van der Waals surface area contributed by atoms with E-state index in [0.717, 1.165) is 53.7 Å². The molecule has 1 saturated heterocycles. The van der Waals surface area contributed by atoms with E-state index >= 15 is 0 Å². The molecule has 41 heavy (non-hydrogen) atoms. The molecule has 3 aliphatic rings. The molecule has 3 aromatic carbocycles. The van der Waals surface area contributed by atoms with Gasteiger partial charge in [-0.1, -0.05) is 67.4 Å². The van der Waals surface area contributed by atoms with Crippen LogP contribution >= 0.6 is 0 Å². The van der Waals surface area contributed by atoms with Gasteiger partial charge >= 0.3 is 6.03 Å². The lowest BCUT2D eigenvalue weighted by Crippen LogP contribution is -2.47. The molecule has 0 aromatic heterocycles. The summed E-state index contributed by atoms with van der Waals surface area (Å²) in [6.45, 7) is 0.232. The van der Waals surface area contributed by atoms with E-state index in [-0.39, 0.29) is 49.1 Å². The van der Waals surface area contributed by atoms with Gasteiger partial charge in [-0.25, -0.2) is 4.79 Å². The van der Waals surface area contributed by atoms with Crippen LogP contribution in [0.3, 0.4) is 0 Å². The number of hydrogen-bond donors (Lipinski definition) is 4. The largest absolute Gasteiger partial charge is 0.487 e. The van der Waals surface area contributed by atoms with Crippen molar-refractivity contribution in [3.63, 3.8) is 0 Å². The fraction of sp³-hybridized carbons (Fsp3) is 0.394. The molecular weight excluding hydrogens is 518 g/mol. The summed E-state index contributed by atoms with van der Waals surface area (Å²) in [5.74, 6) is 0.585. The van der Waals surface area contributed by atoms with Crippen molar-refractivity contribution in [1.29, 1.82) is 0 Å². The first-order valence-corrected chi connectivity index (χ1v) is 14.6. The molecule has 3 aromatic rings. The summed E-state index contributed by atoms with van der Waals surface area (Å²) in [5.41, 5.74) is 4.98. The Labute approximate surface area is 240 Å². The van der Waals surface area contributed by atoms with E-state index in [9.17, 15) is 14.7 Å². The summed E-state index contributed by atoms with van der Waals surface area (Å²) >= 11 is 0. The Morgan fingerprint density at radius 1 is 0.927 bits per heavy atom.